The predicted molar refractivity (Wildman–Crippen MR) is 90.8 cm³/mol. The molecule has 0 bridgehead atoms. The molecule has 0 radical (unpaired) electrons. The number of nitrogens with zero attached hydrogens (tertiary/aromatic N) is 3. The Morgan fingerprint density at radius 1 is 0.826 bits per heavy atom. The smallest absolute Gasteiger partial charge is 0.231 e. The van der Waals surface area contributed by atoms with Crippen molar-refractivity contribution in [3.8, 4) is 11.5 Å². The minimum Gasteiger partial charge on any atom is -0.457 e. The van der Waals surface area contributed by atoms with Gasteiger partial charge >= 0.3 is 0 Å². The summed E-state index contributed by atoms with van der Waals surface area (Å²) in [5.41, 5.74) is 0.815. The van der Waals surface area contributed by atoms with Crippen molar-refractivity contribution in [1.82, 2.24) is 15.0 Å². The Hall–Kier alpha value is -2.37. The molecule has 0 amide bonds. The largest absolute Gasteiger partial charge is 0.457 e. The van der Waals surface area contributed by atoms with Gasteiger partial charge in [0.05, 0.1) is 0 Å². The van der Waals surface area contributed by atoms with Crippen LogP contribution in [0, 0.1) is 6.92 Å². The lowest BCUT2D eigenvalue weighted by Crippen LogP contribution is -2.00. The van der Waals surface area contributed by atoms with E-state index in [0.29, 0.717) is 22.5 Å². The fourth-order valence-electron chi connectivity index (χ4n) is 1.88. The summed E-state index contributed by atoms with van der Waals surface area (Å²) in [6.45, 7) is 1.75. The number of halogens is 2. The standard InChI is InChI=1S/C16H12Cl2N4O/c1-10-19-15(18)22-16(20-10)21-12-4-8-14(9-5-12)23-13-6-2-11(17)3-7-13/h2-9H,1H3,(H,19,20,21,22). The number of benzene rings is 2. The van der Waals surface area contributed by atoms with Gasteiger partial charge in [0.2, 0.25) is 11.2 Å². The molecule has 7 heteroatoms. The van der Waals surface area contributed by atoms with Crippen molar-refractivity contribution in [2.45, 2.75) is 6.92 Å². The van der Waals surface area contributed by atoms with Gasteiger partial charge in [-0.15, -0.1) is 0 Å². The lowest BCUT2D eigenvalue weighted by molar-refractivity contribution is 0.483. The number of hydrogen-bond acceptors (Lipinski definition) is 5. The maximum absolute atomic E-state index is 5.85. The van der Waals surface area contributed by atoms with Gasteiger partial charge < -0.3 is 10.1 Å². The Morgan fingerprint density at radius 3 is 2.04 bits per heavy atom. The van der Waals surface area contributed by atoms with Crippen LogP contribution in [0.25, 0.3) is 0 Å². The van der Waals surface area contributed by atoms with Crippen LogP contribution in [0.15, 0.2) is 48.5 Å². The van der Waals surface area contributed by atoms with Gasteiger partial charge in [-0.05, 0) is 67.1 Å². The topological polar surface area (TPSA) is 59.9 Å². The predicted octanol–water partition coefficient (Wildman–Crippen LogP) is 5.02. The molecule has 0 saturated carbocycles. The monoisotopic (exact) mass is 346 g/mol. The van der Waals surface area contributed by atoms with E-state index >= 15 is 0 Å². The Balaban J connectivity index is 1.70. The number of rotatable bonds is 4. The van der Waals surface area contributed by atoms with Gasteiger partial charge in [-0.3, -0.25) is 0 Å². The third-order valence-corrected chi connectivity index (χ3v) is 3.30. The number of hydrogen-bond donors (Lipinski definition) is 1. The van der Waals surface area contributed by atoms with E-state index in [-0.39, 0.29) is 5.28 Å². The summed E-state index contributed by atoms with van der Waals surface area (Å²) in [7, 11) is 0. The molecular formula is C16H12Cl2N4O. The highest BCUT2D eigenvalue weighted by atomic mass is 35.5. The molecule has 1 heterocycles. The number of aryl methyl sites for hydroxylation is 1. The maximum atomic E-state index is 5.85. The van der Waals surface area contributed by atoms with E-state index in [1.165, 1.54) is 0 Å². The lowest BCUT2D eigenvalue weighted by Gasteiger charge is -2.08. The number of aromatic nitrogens is 3. The van der Waals surface area contributed by atoms with Gasteiger partial charge in [-0.2, -0.15) is 9.97 Å². The Kier molecular flexibility index (Phi) is 4.60. The highest BCUT2D eigenvalue weighted by Crippen LogP contribution is 2.25. The summed E-state index contributed by atoms with van der Waals surface area (Å²) in [6.07, 6.45) is 0. The molecule has 0 aliphatic heterocycles. The van der Waals surface area contributed by atoms with Crippen LogP contribution in [0.4, 0.5) is 11.6 Å². The zero-order valence-electron chi connectivity index (χ0n) is 12.1. The zero-order valence-corrected chi connectivity index (χ0v) is 13.6. The summed E-state index contributed by atoms with van der Waals surface area (Å²) < 4.78 is 5.73. The van der Waals surface area contributed by atoms with E-state index in [4.69, 9.17) is 27.9 Å². The van der Waals surface area contributed by atoms with E-state index in [2.05, 4.69) is 20.3 Å². The van der Waals surface area contributed by atoms with Crippen LogP contribution in [0.3, 0.4) is 0 Å². The first-order chi connectivity index (χ1) is 11.1. The molecule has 1 N–H and O–H groups in total. The number of ether oxygens (including phenoxy) is 1. The van der Waals surface area contributed by atoms with Gasteiger partial charge in [0.1, 0.15) is 17.3 Å². The number of nitrogens with one attached hydrogen (secondary N) is 1. The molecule has 0 saturated heterocycles. The zero-order chi connectivity index (χ0) is 16.2. The van der Waals surface area contributed by atoms with E-state index < -0.39 is 0 Å². The third-order valence-electron chi connectivity index (χ3n) is 2.88. The van der Waals surface area contributed by atoms with Crippen LogP contribution >= 0.6 is 23.2 Å². The fourth-order valence-corrected chi connectivity index (χ4v) is 2.21. The Bertz CT molecular complexity index is 787. The quantitative estimate of drug-likeness (QED) is 0.718. The van der Waals surface area contributed by atoms with Crippen molar-refractivity contribution in [1.29, 1.82) is 0 Å². The van der Waals surface area contributed by atoms with Crippen molar-refractivity contribution in [3.05, 3.63) is 64.7 Å². The van der Waals surface area contributed by atoms with Crippen LogP contribution in [-0.4, -0.2) is 15.0 Å². The highest BCUT2D eigenvalue weighted by molar-refractivity contribution is 6.30. The molecule has 3 rings (SSSR count). The van der Waals surface area contributed by atoms with Gasteiger partial charge in [0, 0.05) is 10.7 Å². The molecular weight excluding hydrogens is 335 g/mol. The minimum atomic E-state index is 0.155. The molecule has 0 fully saturated rings. The Labute approximate surface area is 143 Å². The summed E-state index contributed by atoms with van der Waals surface area (Å²) in [4.78, 5) is 12.1. The first kappa shape index (κ1) is 15.5. The normalized spacial score (nSPS) is 10.4. The van der Waals surface area contributed by atoms with Crippen molar-refractivity contribution in [2.24, 2.45) is 0 Å². The van der Waals surface area contributed by atoms with Crippen LogP contribution in [-0.2, 0) is 0 Å². The van der Waals surface area contributed by atoms with E-state index in [1.54, 1.807) is 19.1 Å². The highest BCUT2D eigenvalue weighted by Gasteiger charge is 2.03. The second kappa shape index (κ2) is 6.81. The summed E-state index contributed by atoms with van der Waals surface area (Å²) >= 11 is 11.7. The second-order valence-corrected chi connectivity index (χ2v) is 5.46. The van der Waals surface area contributed by atoms with Crippen LogP contribution in [0.5, 0.6) is 11.5 Å². The van der Waals surface area contributed by atoms with Crippen LogP contribution in [0.1, 0.15) is 5.82 Å². The average molecular weight is 347 g/mol. The molecule has 0 aliphatic carbocycles. The first-order valence-electron chi connectivity index (χ1n) is 6.77. The molecule has 5 nitrogen and oxygen atoms in total. The van der Waals surface area contributed by atoms with E-state index in [1.807, 2.05) is 36.4 Å². The summed E-state index contributed by atoms with van der Waals surface area (Å²) in [5, 5.41) is 3.89. The Morgan fingerprint density at radius 2 is 1.43 bits per heavy atom. The van der Waals surface area contributed by atoms with Crippen molar-refractivity contribution < 1.29 is 4.74 Å². The van der Waals surface area contributed by atoms with E-state index in [0.717, 1.165) is 11.4 Å². The van der Waals surface area contributed by atoms with Gasteiger partial charge in [-0.25, -0.2) is 4.98 Å². The van der Waals surface area contributed by atoms with Crippen LogP contribution < -0.4 is 10.1 Å². The van der Waals surface area contributed by atoms with Crippen molar-refractivity contribution >= 4 is 34.8 Å². The molecule has 0 aliphatic rings. The lowest BCUT2D eigenvalue weighted by atomic mass is 10.3. The van der Waals surface area contributed by atoms with Crippen molar-refractivity contribution in [2.75, 3.05) is 5.32 Å². The molecule has 0 atom stereocenters. The third kappa shape index (κ3) is 4.31. The molecule has 0 unspecified atom stereocenters. The fraction of sp³-hybridized carbons (Fsp3) is 0.0625. The summed E-state index contributed by atoms with van der Waals surface area (Å²) in [6, 6.07) is 14.6. The molecule has 23 heavy (non-hydrogen) atoms. The molecule has 3 aromatic rings. The summed E-state index contributed by atoms with van der Waals surface area (Å²) in [5.74, 6) is 2.38. The van der Waals surface area contributed by atoms with Gasteiger partial charge in [0.25, 0.3) is 0 Å². The minimum absolute atomic E-state index is 0.155. The maximum Gasteiger partial charge on any atom is 0.231 e. The first-order valence-corrected chi connectivity index (χ1v) is 7.53. The van der Waals surface area contributed by atoms with Gasteiger partial charge in [0.15, 0.2) is 0 Å². The van der Waals surface area contributed by atoms with Gasteiger partial charge in [-0.1, -0.05) is 11.6 Å². The number of anilines is 2. The van der Waals surface area contributed by atoms with Crippen LogP contribution in [0.2, 0.25) is 10.3 Å². The van der Waals surface area contributed by atoms with E-state index in [9.17, 15) is 0 Å². The second-order valence-electron chi connectivity index (χ2n) is 4.68. The average Bonchev–Trinajstić information content (AvgIpc) is 2.50. The molecule has 1 aromatic heterocycles. The SMILES string of the molecule is Cc1nc(Cl)nc(Nc2ccc(Oc3ccc(Cl)cc3)cc2)n1. The van der Waals surface area contributed by atoms with Crippen molar-refractivity contribution in [3.63, 3.8) is 0 Å². The molecule has 0 spiro atoms. The molecule has 116 valence electrons. The molecule has 2 aromatic carbocycles.